The van der Waals surface area contributed by atoms with Crippen LogP contribution in [-0.2, 0) is 0 Å². The van der Waals surface area contributed by atoms with Gasteiger partial charge in [0.15, 0.2) is 0 Å². The van der Waals surface area contributed by atoms with E-state index in [-0.39, 0.29) is 0 Å². The number of rotatable bonds is 5. The number of nitrogens with two attached hydrogens (primary N) is 4. The van der Waals surface area contributed by atoms with Crippen LogP contribution in [0.25, 0.3) is 5.57 Å². The highest BCUT2D eigenvalue weighted by atomic mass is 16.7. The Morgan fingerprint density at radius 2 is 1.27 bits per heavy atom. The summed E-state index contributed by atoms with van der Waals surface area (Å²) >= 11 is 0. The van der Waals surface area contributed by atoms with Gasteiger partial charge in [-0.3, -0.25) is 0 Å². The molecule has 30 heavy (non-hydrogen) atoms. The zero-order valence-corrected chi connectivity index (χ0v) is 16.4. The summed E-state index contributed by atoms with van der Waals surface area (Å²) in [6.45, 7) is 0. The van der Waals surface area contributed by atoms with Crippen molar-refractivity contribution < 1.29 is 9.47 Å². The zero-order valence-electron chi connectivity index (χ0n) is 16.4. The lowest BCUT2D eigenvalue weighted by molar-refractivity contribution is -0.0675. The van der Waals surface area contributed by atoms with Crippen LogP contribution >= 0.6 is 0 Å². The SMILES string of the molecule is Nc1ccc(OC2(Oc3ccc(N)cc3N)C=CC(c3ccccc3)=CC2)c(N)c1. The molecule has 0 saturated carbocycles. The molecule has 1 aliphatic rings. The standard InChI is InChI=1S/C24H24N4O2/c25-18-6-8-22(20(27)14-18)29-24(30-23-9-7-19(26)15-21(23)28)12-10-17(11-13-24)16-4-2-1-3-5-16/h1-12,14-15H,13,25-28H2. The molecule has 0 spiro atoms. The Bertz CT molecular complexity index is 1070. The second kappa shape index (κ2) is 7.75. The molecule has 0 fully saturated rings. The predicted molar refractivity (Wildman–Crippen MR) is 123 cm³/mol. The fraction of sp³-hybridized carbons (Fsp3) is 0.0833. The van der Waals surface area contributed by atoms with Gasteiger partial charge in [-0.25, -0.2) is 0 Å². The first kappa shape index (κ1) is 19.3. The van der Waals surface area contributed by atoms with Crippen LogP contribution in [0.5, 0.6) is 11.5 Å². The van der Waals surface area contributed by atoms with Crippen LogP contribution in [0.15, 0.2) is 85.0 Å². The maximum atomic E-state index is 6.28. The highest BCUT2D eigenvalue weighted by Gasteiger charge is 2.34. The summed E-state index contributed by atoms with van der Waals surface area (Å²) in [6, 6.07) is 20.3. The van der Waals surface area contributed by atoms with Crippen LogP contribution in [0.4, 0.5) is 22.7 Å². The van der Waals surface area contributed by atoms with Gasteiger partial charge in [0, 0.05) is 23.9 Å². The lowest BCUT2D eigenvalue weighted by Crippen LogP contribution is -2.41. The van der Waals surface area contributed by atoms with E-state index in [1.165, 1.54) is 0 Å². The first-order chi connectivity index (χ1) is 14.4. The van der Waals surface area contributed by atoms with Gasteiger partial charge in [-0.05, 0) is 47.5 Å². The molecule has 6 heteroatoms. The van der Waals surface area contributed by atoms with Gasteiger partial charge in [0.2, 0.25) is 0 Å². The average Bonchev–Trinajstić information content (AvgIpc) is 2.74. The number of benzene rings is 3. The molecule has 6 nitrogen and oxygen atoms in total. The molecule has 0 saturated heterocycles. The minimum atomic E-state index is -1.13. The average molecular weight is 400 g/mol. The molecule has 0 radical (unpaired) electrons. The van der Waals surface area contributed by atoms with Crippen LogP contribution < -0.4 is 32.4 Å². The van der Waals surface area contributed by atoms with Crippen molar-refractivity contribution in [1.82, 2.24) is 0 Å². The summed E-state index contributed by atoms with van der Waals surface area (Å²) in [5, 5.41) is 0. The molecule has 3 aromatic rings. The molecule has 3 aromatic carbocycles. The summed E-state index contributed by atoms with van der Waals surface area (Å²) in [5.74, 6) is -0.189. The van der Waals surface area contributed by atoms with Crippen molar-refractivity contribution in [2.45, 2.75) is 12.2 Å². The monoisotopic (exact) mass is 400 g/mol. The molecule has 152 valence electrons. The van der Waals surface area contributed by atoms with E-state index in [0.29, 0.717) is 40.7 Å². The van der Waals surface area contributed by atoms with E-state index in [4.69, 9.17) is 32.4 Å². The largest absolute Gasteiger partial charge is 0.446 e. The Balaban J connectivity index is 1.68. The van der Waals surface area contributed by atoms with E-state index in [0.717, 1.165) is 11.1 Å². The maximum absolute atomic E-state index is 6.28. The van der Waals surface area contributed by atoms with Gasteiger partial charge in [-0.15, -0.1) is 0 Å². The normalized spacial score (nSPS) is 14.7. The van der Waals surface area contributed by atoms with Crippen molar-refractivity contribution in [3.05, 3.63) is 90.5 Å². The molecule has 0 atom stereocenters. The third kappa shape index (κ3) is 4.03. The highest BCUT2D eigenvalue weighted by molar-refractivity contribution is 5.75. The van der Waals surface area contributed by atoms with E-state index in [9.17, 15) is 0 Å². The summed E-state index contributed by atoms with van der Waals surface area (Å²) in [6.07, 6.45) is 6.36. The fourth-order valence-corrected chi connectivity index (χ4v) is 3.31. The van der Waals surface area contributed by atoms with E-state index in [1.807, 2.05) is 30.4 Å². The lowest BCUT2D eigenvalue weighted by Gasteiger charge is -2.34. The minimum Gasteiger partial charge on any atom is -0.446 e. The molecule has 0 bridgehead atoms. The molecule has 0 aromatic heterocycles. The molecule has 4 rings (SSSR count). The fourth-order valence-electron chi connectivity index (χ4n) is 3.31. The van der Waals surface area contributed by atoms with Crippen molar-refractivity contribution in [2.75, 3.05) is 22.9 Å². The Labute approximate surface area is 175 Å². The topological polar surface area (TPSA) is 123 Å². The molecule has 0 unspecified atom stereocenters. The van der Waals surface area contributed by atoms with Crippen molar-refractivity contribution in [3.8, 4) is 11.5 Å². The maximum Gasteiger partial charge on any atom is 0.275 e. The predicted octanol–water partition coefficient (Wildman–Crippen LogP) is 4.21. The third-order valence-corrected chi connectivity index (χ3v) is 4.86. The Kier molecular flexibility index (Phi) is 4.98. The summed E-state index contributed by atoms with van der Waals surface area (Å²) in [4.78, 5) is 0. The number of hydrogen-bond donors (Lipinski definition) is 4. The van der Waals surface area contributed by atoms with Gasteiger partial charge in [-0.2, -0.15) is 0 Å². The molecule has 1 aliphatic carbocycles. The molecule has 8 N–H and O–H groups in total. The highest BCUT2D eigenvalue weighted by Crippen LogP contribution is 2.37. The molecule has 0 amide bonds. The van der Waals surface area contributed by atoms with Crippen LogP contribution in [-0.4, -0.2) is 5.79 Å². The minimum absolute atomic E-state index is 0.425. The van der Waals surface area contributed by atoms with Gasteiger partial charge in [0.1, 0.15) is 11.5 Å². The third-order valence-electron chi connectivity index (χ3n) is 4.86. The number of ether oxygens (including phenoxy) is 2. The summed E-state index contributed by atoms with van der Waals surface area (Å²) < 4.78 is 12.6. The van der Waals surface area contributed by atoms with Gasteiger partial charge >= 0.3 is 0 Å². The smallest absolute Gasteiger partial charge is 0.275 e. The van der Waals surface area contributed by atoms with Crippen LogP contribution in [0.3, 0.4) is 0 Å². The zero-order chi connectivity index (χ0) is 21.1. The van der Waals surface area contributed by atoms with E-state index in [2.05, 4.69) is 18.2 Å². The first-order valence-corrected chi connectivity index (χ1v) is 9.57. The van der Waals surface area contributed by atoms with E-state index < -0.39 is 5.79 Å². The molecular formula is C24H24N4O2. The molecule has 0 heterocycles. The second-order valence-corrected chi connectivity index (χ2v) is 7.17. The van der Waals surface area contributed by atoms with Crippen LogP contribution in [0.2, 0.25) is 0 Å². The lowest BCUT2D eigenvalue weighted by atomic mass is 9.96. The Morgan fingerprint density at radius 1 is 0.700 bits per heavy atom. The quantitative estimate of drug-likeness (QED) is 0.376. The van der Waals surface area contributed by atoms with E-state index in [1.54, 1.807) is 36.4 Å². The van der Waals surface area contributed by atoms with Crippen LogP contribution in [0.1, 0.15) is 12.0 Å². The van der Waals surface area contributed by atoms with Crippen LogP contribution in [0, 0.1) is 0 Å². The number of hydrogen-bond acceptors (Lipinski definition) is 6. The van der Waals surface area contributed by atoms with Crippen molar-refractivity contribution in [2.24, 2.45) is 0 Å². The van der Waals surface area contributed by atoms with Crippen molar-refractivity contribution in [3.63, 3.8) is 0 Å². The van der Waals surface area contributed by atoms with Gasteiger partial charge < -0.3 is 32.4 Å². The number of anilines is 4. The van der Waals surface area contributed by atoms with Gasteiger partial charge in [0.25, 0.3) is 5.79 Å². The van der Waals surface area contributed by atoms with E-state index >= 15 is 0 Å². The number of nitrogen functional groups attached to an aromatic ring is 4. The Morgan fingerprint density at radius 3 is 1.73 bits per heavy atom. The van der Waals surface area contributed by atoms with Gasteiger partial charge in [0.05, 0.1) is 11.4 Å². The van der Waals surface area contributed by atoms with Gasteiger partial charge in [-0.1, -0.05) is 42.5 Å². The Hall–Kier alpha value is -4.06. The first-order valence-electron chi connectivity index (χ1n) is 9.57. The summed E-state index contributed by atoms with van der Waals surface area (Å²) in [5.41, 5.74) is 28.0. The summed E-state index contributed by atoms with van der Waals surface area (Å²) in [7, 11) is 0. The van der Waals surface area contributed by atoms with Crippen molar-refractivity contribution in [1.29, 1.82) is 0 Å². The second-order valence-electron chi connectivity index (χ2n) is 7.17. The van der Waals surface area contributed by atoms with Crippen molar-refractivity contribution >= 4 is 28.3 Å². The number of allylic oxidation sites excluding steroid dienone is 2. The molecular weight excluding hydrogens is 376 g/mol. The molecule has 0 aliphatic heterocycles.